The van der Waals surface area contributed by atoms with Crippen molar-refractivity contribution in [2.45, 2.75) is 63.6 Å². The molecule has 0 aromatic carbocycles. The van der Waals surface area contributed by atoms with E-state index >= 15 is 0 Å². The lowest BCUT2D eigenvalue weighted by atomic mass is 9.98. The van der Waals surface area contributed by atoms with Gasteiger partial charge in [-0.15, -0.1) is 0 Å². The van der Waals surface area contributed by atoms with Gasteiger partial charge in [-0.25, -0.2) is 0 Å². The first-order valence-corrected chi connectivity index (χ1v) is 7.58. The Morgan fingerprint density at radius 1 is 1.17 bits per heavy atom. The van der Waals surface area contributed by atoms with E-state index in [1.54, 1.807) is 0 Å². The number of allylic oxidation sites excluding steroid dienone is 1. The normalized spacial score (nSPS) is 25.0. The van der Waals surface area contributed by atoms with Crippen molar-refractivity contribution in [3.63, 3.8) is 0 Å². The molecule has 1 unspecified atom stereocenters. The van der Waals surface area contributed by atoms with E-state index in [0.29, 0.717) is 12.2 Å². The molecule has 1 atom stereocenters. The predicted molar refractivity (Wildman–Crippen MR) is 73.6 cm³/mol. The molecule has 0 aromatic heterocycles. The SMILES string of the molecule is C1=COC(CNCCCOC2CCCCC2)CC1. The van der Waals surface area contributed by atoms with Gasteiger partial charge < -0.3 is 14.8 Å². The molecular weight excluding hydrogens is 226 g/mol. The molecule has 104 valence electrons. The summed E-state index contributed by atoms with van der Waals surface area (Å²) in [5.74, 6) is 0. The quantitative estimate of drug-likeness (QED) is 0.708. The van der Waals surface area contributed by atoms with E-state index < -0.39 is 0 Å². The highest BCUT2D eigenvalue weighted by molar-refractivity contribution is 4.82. The molecule has 0 bridgehead atoms. The fourth-order valence-electron chi connectivity index (χ4n) is 2.68. The van der Waals surface area contributed by atoms with Gasteiger partial charge in [-0.1, -0.05) is 19.3 Å². The second kappa shape index (κ2) is 8.54. The van der Waals surface area contributed by atoms with Gasteiger partial charge in [-0.05, 0) is 44.7 Å². The zero-order chi connectivity index (χ0) is 12.5. The van der Waals surface area contributed by atoms with Gasteiger partial charge in [0.15, 0.2) is 0 Å². The summed E-state index contributed by atoms with van der Waals surface area (Å²) >= 11 is 0. The Morgan fingerprint density at radius 3 is 2.83 bits per heavy atom. The molecule has 3 nitrogen and oxygen atoms in total. The van der Waals surface area contributed by atoms with Crippen LogP contribution in [0.1, 0.15) is 51.4 Å². The third kappa shape index (κ3) is 5.40. The summed E-state index contributed by atoms with van der Waals surface area (Å²) < 4.78 is 11.4. The minimum atomic E-state index is 0.370. The summed E-state index contributed by atoms with van der Waals surface area (Å²) in [6, 6.07) is 0. The average Bonchev–Trinajstić information content (AvgIpc) is 2.45. The van der Waals surface area contributed by atoms with Gasteiger partial charge in [0.2, 0.25) is 0 Å². The number of hydrogen-bond donors (Lipinski definition) is 1. The first-order valence-electron chi connectivity index (χ1n) is 7.58. The fraction of sp³-hybridized carbons (Fsp3) is 0.867. The first-order chi connectivity index (χ1) is 8.95. The van der Waals surface area contributed by atoms with Gasteiger partial charge in [0.1, 0.15) is 6.10 Å². The second-order valence-corrected chi connectivity index (χ2v) is 5.40. The molecule has 1 aliphatic heterocycles. The van der Waals surface area contributed by atoms with Crippen molar-refractivity contribution in [2.24, 2.45) is 0 Å². The van der Waals surface area contributed by atoms with Crippen molar-refractivity contribution >= 4 is 0 Å². The molecule has 2 rings (SSSR count). The largest absolute Gasteiger partial charge is 0.497 e. The first kappa shape index (κ1) is 13.9. The van der Waals surface area contributed by atoms with Crippen LogP contribution >= 0.6 is 0 Å². The van der Waals surface area contributed by atoms with Gasteiger partial charge in [0.05, 0.1) is 12.4 Å². The Bertz CT molecular complexity index is 237. The number of ether oxygens (including phenoxy) is 2. The highest BCUT2D eigenvalue weighted by Crippen LogP contribution is 2.20. The Labute approximate surface area is 111 Å². The summed E-state index contributed by atoms with van der Waals surface area (Å²) in [5, 5.41) is 3.45. The molecule has 1 aliphatic carbocycles. The molecule has 1 N–H and O–H groups in total. The Kier molecular flexibility index (Phi) is 6.59. The molecule has 2 aliphatic rings. The summed E-state index contributed by atoms with van der Waals surface area (Å²) in [7, 11) is 0. The van der Waals surface area contributed by atoms with Crippen LogP contribution in [0.5, 0.6) is 0 Å². The minimum Gasteiger partial charge on any atom is -0.497 e. The summed E-state index contributed by atoms with van der Waals surface area (Å²) in [5.41, 5.74) is 0. The molecule has 1 heterocycles. The number of hydrogen-bond acceptors (Lipinski definition) is 3. The lowest BCUT2D eigenvalue weighted by molar-refractivity contribution is 0.0269. The Balaban J connectivity index is 1.40. The molecule has 0 spiro atoms. The topological polar surface area (TPSA) is 30.5 Å². The van der Waals surface area contributed by atoms with Crippen molar-refractivity contribution in [3.8, 4) is 0 Å². The average molecular weight is 253 g/mol. The molecule has 3 heteroatoms. The molecule has 0 amide bonds. The lowest BCUT2D eigenvalue weighted by Gasteiger charge is -2.22. The molecule has 0 radical (unpaired) electrons. The third-order valence-electron chi connectivity index (χ3n) is 3.80. The van der Waals surface area contributed by atoms with Gasteiger partial charge in [0, 0.05) is 13.2 Å². The predicted octanol–water partition coefficient (Wildman–Crippen LogP) is 3.01. The van der Waals surface area contributed by atoms with Gasteiger partial charge in [0.25, 0.3) is 0 Å². The highest BCUT2D eigenvalue weighted by atomic mass is 16.5. The van der Waals surface area contributed by atoms with Gasteiger partial charge in [-0.2, -0.15) is 0 Å². The van der Waals surface area contributed by atoms with Crippen LogP contribution in [0.25, 0.3) is 0 Å². The van der Waals surface area contributed by atoms with Crippen LogP contribution in [0.2, 0.25) is 0 Å². The van der Waals surface area contributed by atoms with Gasteiger partial charge in [-0.3, -0.25) is 0 Å². The Morgan fingerprint density at radius 2 is 2.06 bits per heavy atom. The Hall–Kier alpha value is -0.540. The number of rotatable bonds is 7. The smallest absolute Gasteiger partial charge is 0.110 e. The maximum atomic E-state index is 5.89. The van der Waals surface area contributed by atoms with E-state index in [-0.39, 0.29) is 0 Å². The van der Waals surface area contributed by atoms with E-state index in [9.17, 15) is 0 Å². The molecular formula is C15H27NO2. The van der Waals surface area contributed by atoms with Crippen LogP contribution in [-0.2, 0) is 9.47 Å². The van der Waals surface area contributed by atoms with Crippen LogP contribution in [-0.4, -0.2) is 31.9 Å². The summed E-state index contributed by atoms with van der Waals surface area (Å²) in [6.45, 7) is 2.91. The van der Waals surface area contributed by atoms with E-state index in [2.05, 4.69) is 11.4 Å². The van der Waals surface area contributed by atoms with Crippen molar-refractivity contribution in [1.29, 1.82) is 0 Å². The van der Waals surface area contributed by atoms with E-state index in [4.69, 9.17) is 9.47 Å². The third-order valence-corrected chi connectivity index (χ3v) is 3.80. The fourth-order valence-corrected chi connectivity index (χ4v) is 2.68. The van der Waals surface area contributed by atoms with E-state index in [0.717, 1.165) is 39.0 Å². The highest BCUT2D eigenvalue weighted by Gasteiger charge is 2.13. The molecule has 1 saturated carbocycles. The molecule has 18 heavy (non-hydrogen) atoms. The second-order valence-electron chi connectivity index (χ2n) is 5.40. The van der Waals surface area contributed by atoms with Gasteiger partial charge >= 0.3 is 0 Å². The van der Waals surface area contributed by atoms with Crippen LogP contribution in [0, 0.1) is 0 Å². The minimum absolute atomic E-state index is 0.370. The molecule has 0 aromatic rings. The standard InChI is InChI=1S/C15H27NO2/c1-2-7-14(8-3-1)17-12-6-10-16-13-15-9-4-5-11-18-15/h5,11,14-16H,1-4,6-10,12-13H2. The lowest BCUT2D eigenvalue weighted by Crippen LogP contribution is -2.30. The van der Waals surface area contributed by atoms with Crippen molar-refractivity contribution in [3.05, 3.63) is 12.3 Å². The summed E-state index contributed by atoms with van der Waals surface area (Å²) in [6.07, 6.45) is 14.9. The van der Waals surface area contributed by atoms with E-state index in [1.807, 2.05) is 6.26 Å². The van der Waals surface area contributed by atoms with Crippen molar-refractivity contribution in [2.75, 3.05) is 19.7 Å². The maximum Gasteiger partial charge on any atom is 0.110 e. The number of nitrogens with one attached hydrogen (secondary N) is 1. The maximum absolute atomic E-state index is 5.89. The monoisotopic (exact) mass is 253 g/mol. The van der Waals surface area contributed by atoms with Crippen LogP contribution in [0.15, 0.2) is 12.3 Å². The zero-order valence-corrected chi connectivity index (χ0v) is 11.4. The van der Waals surface area contributed by atoms with Crippen LogP contribution < -0.4 is 5.32 Å². The molecule has 0 saturated heterocycles. The van der Waals surface area contributed by atoms with Crippen molar-refractivity contribution in [1.82, 2.24) is 5.32 Å². The van der Waals surface area contributed by atoms with Crippen LogP contribution in [0.3, 0.4) is 0 Å². The van der Waals surface area contributed by atoms with Crippen LogP contribution in [0.4, 0.5) is 0 Å². The zero-order valence-electron chi connectivity index (χ0n) is 11.4. The van der Waals surface area contributed by atoms with Crippen molar-refractivity contribution < 1.29 is 9.47 Å². The van der Waals surface area contributed by atoms with E-state index in [1.165, 1.54) is 32.1 Å². The summed E-state index contributed by atoms with van der Waals surface area (Å²) in [4.78, 5) is 0. The molecule has 1 fully saturated rings.